The van der Waals surface area contributed by atoms with Crippen LogP contribution in [0, 0.1) is 0 Å². The second-order valence-electron chi connectivity index (χ2n) is 4.53. The van der Waals surface area contributed by atoms with Crippen molar-refractivity contribution in [3.8, 4) is 23.0 Å². The van der Waals surface area contributed by atoms with E-state index in [-0.39, 0.29) is 17.4 Å². The predicted molar refractivity (Wildman–Crippen MR) is 63.1 cm³/mol. The summed E-state index contributed by atoms with van der Waals surface area (Å²) < 4.78 is 11.4. The maximum Gasteiger partial charge on any atom is 0.252 e. The first kappa shape index (κ1) is 9.65. The second-order valence-corrected chi connectivity index (χ2v) is 4.53. The average molecular weight is 242 g/mol. The van der Waals surface area contributed by atoms with Crippen molar-refractivity contribution in [2.75, 3.05) is 0 Å². The third kappa shape index (κ3) is 1.14. The van der Waals surface area contributed by atoms with Crippen molar-refractivity contribution in [2.24, 2.45) is 0 Å². The van der Waals surface area contributed by atoms with E-state index in [4.69, 9.17) is 9.47 Å². The first-order valence-electron chi connectivity index (χ1n) is 5.71. The first-order valence-corrected chi connectivity index (χ1v) is 5.71. The molecule has 0 bridgehead atoms. The van der Waals surface area contributed by atoms with Crippen LogP contribution in [0.15, 0.2) is 36.4 Å². The highest BCUT2D eigenvalue weighted by Gasteiger charge is 2.44. The molecule has 0 saturated carbocycles. The third-order valence-electron chi connectivity index (χ3n) is 3.42. The highest BCUT2D eigenvalue weighted by molar-refractivity contribution is 5.56. The lowest BCUT2D eigenvalue weighted by molar-refractivity contribution is 0.0330. The molecule has 0 amide bonds. The molecule has 18 heavy (non-hydrogen) atoms. The van der Waals surface area contributed by atoms with E-state index in [0.29, 0.717) is 0 Å². The van der Waals surface area contributed by atoms with Crippen LogP contribution >= 0.6 is 0 Å². The molecular formula is C14H10O4. The molecule has 0 aliphatic carbocycles. The molecule has 0 fully saturated rings. The molecule has 0 unspecified atom stereocenters. The largest absolute Gasteiger partial charge is 0.508 e. The molecule has 2 heterocycles. The molecule has 2 aliphatic rings. The van der Waals surface area contributed by atoms with Crippen molar-refractivity contribution in [3.05, 3.63) is 47.5 Å². The number of rotatable bonds is 0. The normalized spacial score (nSPS) is 22.7. The lowest BCUT2D eigenvalue weighted by Gasteiger charge is -2.08. The van der Waals surface area contributed by atoms with E-state index in [9.17, 15) is 10.2 Å². The lowest BCUT2D eigenvalue weighted by Crippen LogP contribution is -2.19. The topological polar surface area (TPSA) is 58.9 Å². The average Bonchev–Trinajstić information content (AvgIpc) is 2.85. The molecule has 4 nitrogen and oxygen atoms in total. The Morgan fingerprint density at radius 1 is 0.778 bits per heavy atom. The van der Waals surface area contributed by atoms with E-state index < -0.39 is 6.29 Å². The molecule has 2 aliphatic heterocycles. The minimum absolute atomic E-state index is 0.0887. The van der Waals surface area contributed by atoms with Crippen LogP contribution in [0.4, 0.5) is 0 Å². The molecule has 4 heteroatoms. The Bertz CT molecular complexity index is 595. The SMILES string of the molecule is Oc1ccc2c(c1)C1c3cc(O)ccc3OC1O2. The minimum atomic E-state index is -0.404. The number of hydrogen-bond acceptors (Lipinski definition) is 4. The minimum Gasteiger partial charge on any atom is -0.508 e. The van der Waals surface area contributed by atoms with Gasteiger partial charge >= 0.3 is 0 Å². The smallest absolute Gasteiger partial charge is 0.252 e. The first-order chi connectivity index (χ1) is 8.72. The molecule has 0 saturated heterocycles. The van der Waals surface area contributed by atoms with Crippen LogP contribution in [0.3, 0.4) is 0 Å². The third-order valence-corrected chi connectivity index (χ3v) is 3.42. The summed E-state index contributed by atoms with van der Waals surface area (Å²) in [5, 5.41) is 19.1. The Labute approximate surface area is 103 Å². The molecule has 4 rings (SSSR count). The van der Waals surface area contributed by atoms with Gasteiger partial charge in [0.2, 0.25) is 0 Å². The van der Waals surface area contributed by atoms with Crippen LogP contribution in [0.25, 0.3) is 0 Å². The Morgan fingerprint density at radius 3 is 1.78 bits per heavy atom. The van der Waals surface area contributed by atoms with Gasteiger partial charge in [0.1, 0.15) is 23.0 Å². The lowest BCUT2D eigenvalue weighted by atomic mass is 9.93. The van der Waals surface area contributed by atoms with Gasteiger partial charge in [-0.15, -0.1) is 0 Å². The van der Waals surface area contributed by atoms with Crippen LogP contribution in [0.5, 0.6) is 23.0 Å². The maximum atomic E-state index is 9.57. The van der Waals surface area contributed by atoms with E-state index in [0.717, 1.165) is 22.6 Å². The number of phenolic OH excluding ortho intramolecular Hbond substituents is 2. The molecule has 0 radical (unpaired) electrons. The van der Waals surface area contributed by atoms with Crippen molar-refractivity contribution in [1.82, 2.24) is 0 Å². The van der Waals surface area contributed by atoms with E-state index >= 15 is 0 Å². The Kier molecular flexibility index (Phi) is 1.66. The summed E-state index contributed by atoms with van der Waals surface area (Å²) >= 11 is 0. The highest BCUT2D eigenvalue weighted by atomic mass is 16.7. The fourth-order valence-electron chi connectivity index (χ4n) is 2.64. The molecule has 2 aromatic rings. The second kappa shape index (κ2) is 3.10. The van der Waals surface area contributed by atoms with Gasteiger partial charge in [-0.1, -0.05) is 0 Å². The molecule has 0 atom stereocenters. The zero-order valence-electron chi connectivity index (χ0n) is 9.33. The van der Waals surface area contributed by atoms with Crippen LogP contribution in [-0.2, 0) is 0 Å². The Morgan fingerprint density at radius 2 is 1.28 bits per heavy atom. The molecule has 0 aromatic heterocycles. The van der Waals surface area contributed by atoms with Gasteiger partial charge in [0.05, 0.1) is 5.92 Å². The van der Waals surface area contributed by atoms with Gasteiger partial charge < -0.3 is 19.7 Å². The van der Waals surface area contributed by atoms with Gasteiger partial charge in [-0.3, -0.25) is 0 Å². The molecule has 2 N–H and O–H groups in total. The monoisotopic (exact) mass is 242 g/mol. The number of hydrogen-bond donors (Lipinski definition) is 2. The van der Waals surface area contributed by atoms with Crippen LogP contribution in [0.1, 0.15) is 17.0 Å². The van der Waals surface area contributed by atoms with Crippen molar-refractivity contribution in [2.45, 2.75) is 12.2 Å². The van der Waals surface area contributed by atoms with E-state index in [1.54, 1.807) is 36.4 Å². The summed E-state index contributed by atoms with van der Waals surface area (Å²) in [5.41, 5.74) is 1.79. The van der Waals surface area contributed by atoms with E-state index in [2.05, 4.69) is 0 Å². The quantitative estimate of drug-likeness (QED) is 0.744. The Hall–Kier alpha value is -2.36. The molecular weight excluding hydrogens is 232 g/mol. The summed E-state index contributed by atoms with van der Waals surface area (Å²) in [5.74, 6) is 1.75. The maximum absolute atomic E-state index is 9.57. The van der Waals surface area contributed by atoms with Crippen molar-refractivity contribution in [1.29, 1.82) is 0 Å². The van der Waals surface area contributed by atoms with Gasteiger partial charge in [-0.25, -0.2) is 0 Å². The fourth-order valence-corrected chi connectivity index (χ4v) is 2.64. The van der Waals surface area contributed by atoms with Crippen molar-refractivity contribution < 1.29 is 19.7 Å². The zero-order valence-corrected chi connectivity index (χ0v) is 9.33. The van der Waals surface area contributed by atoms with E-state index in [1.165, 1.54) is 0 Å². The number of fused-ring (bicyclic) bond motifs is 5. The van der Waals surface area contributed by atoms with Gasteiger partial charge in [0.15, 0.2) is 0 Å². The summed E-state index contributed by atoms with van der Waals surface area (Å²) in [7, 11) is 0. The summed E-state index contributed by atoms with van der Waals surface area (Å²) in [4.78, 5) is 0. The number of aromatic hydroxyl groups is 2. The van der Waals surface area contributed by atoms with Gasteiger partial charge in [0.25, 0.3) is 6.29 Å². The molecule has 0 spiro atoms. The van der Waals surface area contributed by atoms with Crippen molar-refractivity contribution >= 4 is 0 Å². The number of phenols is 2. The van der Waals surface area contributed by atoms with Crippen LogP contribution < -0.4 is 9.47 Å². The van der Waals surface area contributed by atoms with E-state index in [1.807, 2.05) is 0 Å². The fraction of sp³-hybridized carbons (Fsp3) is 0.143. The van der Waals surface area contributed by atoms with Crippen LogP contribution in [-0.4, -0.2) is 16.5 Å². The summed E-state index contributed by atoms with van der Waals surface area (Å²) in [6.07, 6.45) is -0.404. The number of ether oxygens (including phenoxy) is 2. The number of benzene rings is 2. The molecule has 90 valence electrons. The van der Waals surface area contributed by atoms with Gasteiger partial charge in [0, 0.05) is 11.1 Å². The highest BCUT2D eigenvalue weighted by Crippen LogP contribution is 2.51. The summed E-state index contributed by atoms with van der Waals surface area (Å²) in [6, 6.07) is 10.0. The Balaban J connectivity index is 1.91. The van der Waals surface area contributed by atoms with Crippen molar-refractivity contribution in [3.63, 3.8) is 0 Å². The van der Waals surface area contributed by atoms with Gasteiger partial charge in [-0.2, -0.15) is 0 Å². The van der Waals surface area contributed by atoms with Gasteiger partial charge in [-0.05, 0) is 36.4 Å². The zero-order chi connectivity index (χ0) is 12.3. The molecule has 2 aromatic carbocycles. The summed E-state index contributed by atoms with van der Waals surface area (Å²) in [6.45, 7) is 0. The standard InChI is InChI=1S/C14H10O4/c15-7-1-3-11-9(5-7)13-10-6-8(16)2-4-12(10)18-14(13)17-11/h1-6,13-16H. The predicted octanol–water partition coefficient (Wildman–Crippen LogP) is 2.34. The van der Waals surface area contributed by atoms with Crippen LogP contribution in [0.2, 0.25) is 0 Å².